The Morgan fingerprint density at radius 1 is 1.08 bits per heavy atom. The van der Waals surface area contributed by atoms with Gasteiger partial charge < -0.3 is 15.8 Å². The molecule has 0 aliphatic carbocycles. The molecule has 0 saturated heterocycles. The third kappa shape index (κ3) is 5.87. The molecule has 25 heavy (non-hydrogen) atoms. The van der Waals surface area contributed by atoms with Crippen LogP contribution in [0.4, 0.5) is 8.78 Å². The topological polar surface area (TPSA) is 81.4 Å². The molecule has 132 valence electrons. The maximum atomic E-state index is 13.4. The Morgan fingerprint density at radius 2 is 1.76 bits per heavy atom. The molecule has 0 fully saturated rings. The van der Waals surface area contributed by atoms with E-state index in [1.54, 1.807) is 18.2 Å². The molecular formula is C18H18F2N2O3. The predicted molar refractivity (Wildman–Crippen MR) is 87.7 cm³/mol. The smallest absolute Gasteiger partial charge is 0.257 e. The summed E-state index contributed by atoms with van der Waals surface area (Å²) in [7, 11) is 0. The van der Waals surface area contributed by atoms with E-state index in [1.165, 1.54) is 30.3 Å². The van der Waals surface area contributed by atoms with Crippen LogP contribution in [-0.2, 0) is 16.0 Å². The number of hydrogen-bond acceptors (Lipinski definition) is 3. The van der Waals surface area contributed by atoms with Crippen LogP contribution >= 0.6 is 0 Å². The zero-order chi connectivity index (χ0) is 18.2. The summed E-state index contributed by atoms with van der Waals surface area (Å²) in [4.78, 5) is 23.3. The van der Waals surface area contributed by atoms with Gasteiger partial charge in [0.1, 0.15) is 5.82 Å². The molecule has 3 N–H and O–H groups in total. The zero-order valence-corrected chi connectivity index (χ0v) is 13.4. The first kappa shape index (κ1) is 18.4. The molecule has 0 saturated carbocycles. The number of primary amides is 1. The standard InChI is InChI=1S/C18H18F2N2O3/c19-14-7-5-12(6-8-14)9-13(18(21)24)10-22-17(23)11-25-16-4-2-1-3-15(16)20/h1-8,13H,9-11H2,(H2,21,24)(H,22,23)/t13-/m1/s1. The highest BCUT2D eigenvalue weighted by atomic mass is 19.1. The highest BCUT2D eigenvalue weighted by Crippen LogP contribution is 2.15. The molecule has 2 amide bonds. The third-order valence-electron chi connectivity index (χ3n) is 3.54. The van der Waals surface area contributed by atoms with Crippen molar-refractivity contribution in [3.8, 4) is 5.75 Å². The molecule has 0 aliphatic heterocycles. The summed E-state index contributed by atoms with van der Waals surface area (Å²) in [5.74, 6) is -2.72. The van der Waals surface area contributed by atoms with E-state index in [2.05, 4.69) is 5.32 Å². The lowest BCUT2D eigenvalue weighted by molar-refractivity contribution is -0.124. The van der Waals surface area contributed by atoms with Gasteiger partial charge >= 0.3 is 0 Å². The molecule has 0 spiro atoms. The number of rotatable bonds is 8. The van der Waals surface area contributed by atoms with Crippen molar-refractivity contribution in [3.05, 3.63) is 65.7 Å². The number of carbonyl (C=O) groups excluding carboxylic acids is 2. The maximum Gasteiger partial charge on any atom is 0.257 e. The zero-order valence-electron chi connectivity index (χ0n) is 13.4. The first-order chi connectivity index (χ1) is 12.0. The van der Waals surface area contributed by atoms with E-state index in [-0.39, 0.29) is 31.1 Å². The second-order valence-electron chi connectivity index (χ2n) is 5.45. The van der Waals surface area contributed by atoms with E-state index in [1.807, 2.05) is 0 Å². The van der Waals surface area contributed by atoms with E-state index >= 15 is 0 Å². The minimum atomic E-state index is -0.650. The molecule has 0 aromatic heterocycles. The van der Waals surface area contributed by atoms with E-state index in [4.69, 9.17) is 10.5 Å². The summed E-state index contributed by atoms with van der Waals surface area (Å²) < 4.78 is 31.4. The van der Waals surface area contributed by atoms with Gasteiger partial charge in [0.25, 0.3) is 5.91 Å². The van der Waals surface area contributed by atoms with Crippen LogP contribution in [0.25, 0.3) is 0 Å². The number of hydrogen-bond donors (Lipinski definition) is 2. The van der Waals surface area contributed by atoms with Crippen molar-refractivity contribution in [2.75, 3.05) is 13.2 Å². The minimum absolute atomic E-state index is 0.00613. The molecular weight excluding hydrogens is 330 g/mol. The van der Waals surface area contributed by atoms with Gasteiger partial charge in [0.05, 0.1) is 5.92 Å². The average Bonchev–Trinajstić information content (AvgIpc) is 2.59. The number of para-hydroxylation sites is 1. The van der Waals surface area contributed by atoms with Crippen LogP contribution in [0.15, 0.2) is 48.5 Å². The third-order valence-corrected chi connectivity index (χ3v) is 3.54. The second kappa shape index (κ2) is 8.77. The van der Waals surface area contributed by atoms with Crippen LogP contribution in [-0.4, -0.2) is 25.0 Å². The van der Waals surface area contributed by atoms with Crippen LogP contribution in [0.5, 0.6) is 5.75 Å². The largest absolute Gasteiger partial charge is 0.481 e. The molecule has 0 unspecified atom stereocenters. The number of ether oxygens (including phenoxy) is 1. The lowest BCUT2D eigenvalue weighted by Crippen LogP contribution is -2.39. The number of amides is 2. The monoisotopic (exact) mass is 348 g/mol. The van der Waals surface area contributed by atoms with Crippen LogP contribution in [0.2, 0.25) is 0 Å². The highest BCUT2D eigenvalue weighted by molar-refractivity contribution is 5.80. The van der Waals surface area contributed by atoms with Crippen molar-refractivity contribution >= 4 is 11.8 Å². The number of nitrogens with one attached hydrogen (secondary N) is 1. The molecule has 0 radical (unpaired) electrons. The summed E-state index contributed by atoms with van der Waals surface area (Å²) in [6.07, 6.45) is 0.268. The fraction of sp³-hybridized carbons (Fsp3) is 0.222. The van der Waals surface area contributed by atoms with Gasteiger partial charge in [-0.25, -0.2) is 8.78 Å². The van der Waals surface area contributed by atoms with Crippen LogP contribution in [0, 0.1) is 17.6 Å². The number of carbonyl (C=O) groups is 2. The first-order valence-corrected chi connectivity index (χ1v) is 7.63. The molecule has 1 atom stereocenters. The lowest BCUT2D eigenvalue weighted by atomic mass is 9.98. The molecule has 2 aromatic rings. The van der Waals surface area contributed by atoms with Crippen molar-refractivity contribution in [3.63, 3.8) is 0 Å². The molecule has 5 nitrogen and oxygen atoms in total. The molecule has 0 aliphatic rings. The van der Waals surface area contributed by atoms with E-state index < -0.39 is 23.5 Å². The Labute approximate surface area is 143 Å². The normalized spacial score (nSPS) is 11.6. The quantitative estimate of drug-likeness (QED) is 0.763. The highest BCUT2D eigenvalue weighted by Gasteiger charge is 2.17. The lowest BCUT2D eigenvalue weighted by Gasteiger charge is -2.15. The Bertz CT molecular complexity index is 735. The Balaban J connectivity index is 1.83. The molecule has 0 heterocycles. The van der Waals surface area contributed by atoms with Crippen LogP contribution in [0.3, 0.4) is 0 Å². The summed E-state index contributed by atoms with van der Waals surface area (Å²) in [6, 6.07) is 11.4. The second-order valence-corrected chi connectivity index (χ2v) is 5.45. The Morgan fingerprint density at radius 3 is 2.40 bits per heavy atom. The van der Waals surface area contributed by atoms with Crippen molar-refractivity contribution in [2.45, 2.75) is 6.42 Å². The molecule has 0 bridgehead atoms. The van der Waals surface area contributed by atoms with Gasteiger partial charge in [-0.3, -0.25) is 9.59 Å². The van der Waals surface area contributed by atoms with Gasteiger partial charge in [-0.2, -0.15) is 0 Å². The van der Waals surface area contributed by atoms with E-state index in [9.17, 15) is 18.4 Å². The SMILES string of the molecule is NC(=O)[C@@H](CNC(=O)COc1ccccc1F)Cc1ccc(F)cc1. The van der Waals surface area contributed by atoms with Gasteiger partial charge in [-0.1, -0.05) is 24.3 Å². The van der Waals surface area contributed by atoms with Crippen LogP contribution in [0.1, 0.15) is 5.56 Å². The average molecular weight is 348 g/mol. The Kier molecular flexibility index (Phi) is 6.45. The predicted octanol–water partition coefficient (Wildman–Crippen LogP) is 1.80. The molecule has 2 aromatic carbocycles. The number of halogens is 2. The maximum absolute atomic E-state index is 13.4. The van der Waals surface area contributed by atoms with Gasteiger partial charge in [0.15, 0.2) is 18.2 Å². The van der Waals surface area contributed by atoms with Gasteiger partial charge in [-0.15, -0.1) is 0 Å². The number of benzene rings is 2. The van der Waals surface area contributed by atoms with Gasteiger partial charge in [-0.05, 0) is 36.2 Å². The van der Waals surface area contributed by atoms with E-state index in [0.29, 0.717) is 0 Å². The Hall–Kier alpha value is -2.96. The van der Waals surface area contributed by atoms with Crippen LogP contribution < -0.4 is 15.8 Å². The number of nitrogens with two attached hydrogens (primary N) is 1. The molecule has 2 rings (SSSR count). The minimum Gasteiger partial charge on any atom is -0.481 e. The van der Waals surface area contributed by atoms with E-state index in [0.717, 1.165) is 5.56 Å². The fourth-order valence-corrected chi connectivity index (χ4v) is 2.17. The molecule has 7 heteroatoms. The van der Waals surface area contributed by atoms with Gasteiger partial charge in [0.2, 0.25) is 5.91 Å². The van der Waals surface area contributed by atoms with Gasteiger partial charge in [0, 0.05) is 6.54 Å². The fourth-order valence-electron chi connectivity index (χ4n) is 2.17. The summed E-state index contributed by atoms with van der Waals surface area (Å²) >= 11 is 0. The first-order valence-electron chi connectivity index (χ1n) is 7.63. The van der Waals surface area contributed by atoms with Crippen molar-refractivity contribution in [2.24, 2.45) is 11.7 Å². The van der Waals surface area contributed by atoms with Crippen molar-refractivity contribution in [1.29, 1.82) is 0 Å². The van der Waals surface area contributed by atoms with Crippen molar-refractivity contribution in [1.82, 2.24) is 5.32 Å². The van der Waals surface area contributed by atoms with Crippen molar-refractivity contribution < 1.29 is 23.1 Å². The summed E-state index contributed by atoms with van der Waals surface area (Å²) in [5.41, 5.74) is 6.06. The summed E-state index contributed by atoms with van der Waals surface area (Å²) in [5, 5.41) is 2.52. The summed E-state index contributed by atoms with van der Waals surface area (Å²) in [6.45, 7) is -0.380.